The number of rotatable bonds is 12. The molecule has 0 aromatic heterocycles. The van der Waals surface area contributed by atoms with Crippen LogP contribution in [-0.4, -0.2) is 46.7 Å². The molecule has 0 aliphatic carbocycles. The predicted molar refractivity (Wildman–Crippen MR) is 167 cm³/mol. The van der Waals surface area contributed by atoms with Gasteiger partial charge in [0.15, 0.2) is 6.61 Å². The van der Waals surface area contributed by atoms with Gasteiger partial charge in [0.1, 0.15) is 18.0 Å². The molecule has 0 unspecified atom stereocenters. The highest BCUT2D eigenvalue weighted by atomic mass is 35.5. The summed E-state index contributed by atoms with van der Waals surface area (Å²) in [6, 6.07) is 25.4. The molecule has 4 aromatic carbocycles. The van der Waals surface area contributed by atoms with Crippen LogP contribution in [0.2, 0.25) is 10.0 Å². The fourth-order valence-corrected chi connectivity index (χ4v) is 5.42. The Hall–Kier alpha value is -4.58. The molecule has 0 atom stereocenters. The van der Waals surface area contributed by atoms with E-state index in [4.69, 9.17) is 32.7 Å². The number of benzene rings is 4. The Bertz CT molecular complexity index is 1700. The first-order chi connectivity index (χ1) is 20.7. The maximum absolute atomic E-state index is 13.5. The minimum atomic E-state index is -4.13. The highest BCUT2D eigenvalue weighted by molar-refractivity contribution is 7.92. The van der Waals surface area contributed by atoms with E-state index >= 15 is 0 Å². The normalized spacial score (nSPS) is 11.1. The van der Waals surface area contributed by atoms with Gasteiger partial charge >= 0.3 is 0 Å². The first-order valence-electron chi connectivity index (χ1n) is 12.7. The average Bonchev–Trinajstić information content (AvgIpc) is 3.01. The summed E-state index contributed by atoms with van der Waals surface area (Å²) in [5.41, 5.74) is 3.70. The van der Waals surface area contributed by atoms with Crippen molar-refractivity contribution < 1.29 is 27.5 Å². The lowest BCUT2D eigenvalue weighted by Crippen LogP contribution is -2.39. The SMILES string of the molecule is COc1ccc(S(=O)(=O)N(CC(=O)N/N=C\c2ccc(OCC(=O)Nc3ccccc3Cl)cc2)c2ccc(Cl)cc2)cc1. The molecule has 0 spiro atoms. The number of hydrazone groups is 1. The van der Waals surface area contributed by atoms with Gasteiger partial charge in [-0.1, -0.05) is 35.3 Å². The van der Waals surface area contributed by atoms with Crippen molar-refractivity contribution in [3.05, 3.63) is 113 Å². The lowest BCUT2D eigenvalue weighted by atomic mass is 10.2. The third-order valence-corrected chi connectivity index (χ3v) is 8.22. The summed E-state index contributed by atoms with van der Waals surface area (Å²) < 4.78 is 38.5. The van der Waals surface area contributed by atoms with Gasteiger partial charge in [-0.15, -0.1) is 0 Å². The number of nitrogens with one attached hydrogen (secondary N) is 2. The smallest absolute Gasteiger partial charge is 0.264 e. The van der Waals surface area contributed by atoms with E-state index in [0.29, 0.717) is 32.8 Å². The maximum Gasteiger partial charge on any atom is 0.264 e. The van der Waals surface area contributed by atoms with Crippen LogP contribution in [0.5, 0.6) is 11.5 Å². The van der Waals surface area contributed by atoms with Crippen LogP contribution in [0.15, 0.2) is 107 Å². The summed E-state index contributed by atoms with van der Waals surface area (Å²) in [6.07, 6.45) is 1.39. The van der Waals surface area contributed by atoms with Crippen LogP contribution < -0.4 is 24.5 Å². The van der Waals surface area contributed by atoms with Crippen molar-refractivity contribution in [1.82, 2.24) is 5.43 Å². The molecule has 4 rings (SSSR count). The van der Waals surface area contributed by atoms with Crippen molar-refractivity contribution in [3.63, 3.8) is 0 Å². The minimum absolute atomic E-state index is 0.0248. The lowest BCUT2D eigenvalue weighted by molar-refractivity contribution is -0.119. The molecule has 4 aromatic rings. The van der Waals surface area contributed by atoms with Crippen LogP contribution in [-0.2, 0) is 19.6 Å². The molecule has 222 valence electrons. The van der Waals surface area contributed by atoms with E-state index in [0.717, 1.165) is 4.31 Å². The van der Waals surface area contributed by atoms with Gasteiger partial charge in [0, 0.05) is 5.02 Å². The maximum atomic E-state index is 13.5. The van der Waals surface area contributed by atoms with Crippen LogP contribution in [0.4, 0.5) is 11.4 Å². The van der Waals surface area contributed by atoms with E-state index < -0.39 is 22.5 Å². The van der Waals surface area contributed by atoms with Gasteiger partial charge in [-0.05, 0) is 90.5 Å². The molecular formula is C30H26Cl2N4O6S. The first-order valence-corrected chi connectivity index (χ1v) is 14.9. The highest BCUT2D eigenvalue weighted by Gasteiger charge is 2.27. The van der Waals surface area contributed by atoms with Gasteiger partial charge in [0.2, 0.25) is 0 Å². The number of hydrogen-bond acceptors (Lipinski definition) is 7. The number of carbonyl (C=O) groups excluding carboxylic acids is 2. The second kappa shape index (κ2) is 14.5. The number of sulfonamides is 1. The molecule has 0 saturated carbocycles. The van der Waals surface area contributed by atoms with Gasteiger partial charge < -0.3 is 14.8 Å². The summed E-state index contributed by atoms with van der Waals surface area (Å²) >= 11 is 12.0. The first kappa shape index (κ1) is 31.4. The van der Waals surface area contributed by atoms with Crippen molar-refractivity contribution in [1.29, 1.82) is 0 Å². The number of carbonyl (C=O) groups is 2. The molecule has 0 aliphatic rings. The molecule has 0 aliphatic heterocycles. The largest absolute Gasteiger partial charge is 0.497 e. The quantitative estimate of drug-likeness (QED) is 0.158. The summed E-state index contributed by atoms with van der Waals surface area (Å²) in [7, 11) is -2.65. The number of nitrogens with zero attached hydrogens (tertiary/aromatic N) is 2. The molecule has 0 fully saturated rings. The van der Waals surface area contributed by atoms with Crippen molar-refractivity contribution in [3.8, 4) is 11.5 Å². The van der Waals surface area contributed by atoms with Gasteiger partial charge in [0.05, 0.1) is 34.6 Å². The molecule has 0 bridgehead atoms. The number of ether oxygens (including phenoxy) is 2. The zero-order valence-electron chi connectivity index (χ0n) is 22.7. The Labute approximate surface area is 258 Å². The summed E-state index contributed by atoms with van der Waals surface area (Å²) in [5.74, 6) is -0.115. The van der Waals surface area contributed by atoms with Crippen LogP contribution in [0.3, 0.4) is 0 Å². The van der Waals surface area contributed by atoms with Gasteiger partial charge in [-0.2, -0.15) is 5.10 Å². The van der Waals surface area contributed by atoms with Gasteiger partial charge in [0.25, 0.3) is 21.8 Å². The average molecular weight is 642 g/mol. The van der Waals surface area contributed by atoms with E-state index in [9.17, 15) is 18.0 Å². The zero-order chi connectivity index (χ0) is 30.8. The van der Waals surface area contributed by atoms with Crippen molar-refractivity contribution in [2.45, 2.75) is 4.90 Å². The fourth-order valence-electron chi connectivity index (χ4n) is 3.69. The fraction of sp³-hybridized carbons (Fsp3) is 0.100. The van der Waals surface area contributed by atoms with E-state index in [2.05, 4.69) is 15.8 Å². The summed E-state index contributed by atoms with van der Waals surface area (Å²) in [5, 5.41) is 7.44. The van der Waals surface area contributed by atoms with Gasteiger partial charge in [-0.25, -0.2) is 13.8 Å². The Morgan fingerprint density at radius 2 is 1.51 bits per heavy atom. The number of hydrogen-bond donors (Lipinski definition) is 2. The molecule has 10 nitrogen and oxygen atoms in total. The van der Waals surface area contributed by atoms with E-state index in [1.807, 2.05) is 0 Å². The zero-order valence-corrected chi connectivity index (χ0v) is 25.1. The standard InChI is InChI=1S/C30H26Cl2N4O6S/c1-41-24-14-16-26(17-15-24)43(39,40)36(23-10-8-22(31)9-11-23)19-29(37)35-33-18-21-6-12-25(13-7-21)42-20-30(38)34-28-5-3-2-4-27(28)32/h2-18H,19-20H2,1H3,(H,34,38)(H,35,37)/b33-18-. The molecule has 2 N–H and O–H groups in total. The molecule has 0 heterocycles. The Balaban J connectivity index is 1.36. The Morgan fingerprint density at radius 3 is 2.16 bits per heavy atom. The highest BCUT2D eigenvalue weighted by Crippen LogP contribution is 2.26. The number of amides is 2. The van der Waals surface area contributed by atoms with Gasteiger partial charge in [-0.3, -0.25) is 13.9 Å². The van der Waals surface area contributed by atoms with Crippen LogP contribution in [0, 0.1) is 0 Å². The Kier molecular flexibility index (Phi) is 10.6. The molecular weight excluding hydrogens is 615 g/mol. The van der Waals surface area contributed by atoms with Crippen LogP contribution in [0.25, 0.3) is 0 Å². The number of halogens is 2. The lowest BCUT2D eigenvalue weighted by Gasteiger charge is -2.23. The summed E-state index contributed by atoms with van der Waals surface area (Å²) in [4.78, 5) is 24.9. The molecule has 43 heavy (non-hydrogen) atoms. The third kappa shape index (κ3) is 8.71. The molecule has 0 radical (unpaired) electrons. The Morgan fingerprint density at radius 1 is 0.860 bits per heavy atom. The monoisotopic (exact) mass is 640 g/mol. The van der Waals surface area contributed by atoms with Crippen molar-refractivity contribution >= 4 is 62.6 Å². The number of anilines is 2. The van der Waals surface area contributed by atoms with E-state index in [1.165, 1.54) is 61.9 Å². The van der Waals surface area contributed by atoms with Crippen molar-refractivity contribution in [2.24, 2.45) is 5.10 Å². The van der Waals surface area contributed by atoms with Crippen molar-refractivity contribution in [2.75, 3.05) is 29.9 Å². The molecule has 2 amide bonds. The third-order valence-electron chi connectivity index (χ3n) is 5.85. The predicted octanol–water partition coefficient (Wildman–Crippen LogP) is 5.37. The summed E-state index contributed by atoms with van der Waals surface area (Å²) in [6.45, 7) is -0.769. The molecule has 13 heteroatoms. The number of para-hydroxylation sites is 1. The topological polar surface area (TPSA) is 126 Å². The second-order valence-electron chi connectivity index (χ2n) is 8.84. The van der Waals surface area contributed by atoms with Crippen LogP contribution >= 0.6 is 23.2 Å². The molecule has 0 saturated heterocycles. The van der Waals surface area contributed by atoms with E-state index in [-0.39, 0.29) is 23.1 Å². The minimum Gasteiger partial charge on any atom is -0.497 e. The number of methoxy groups -OCH3 is 1. The second-order valence-corrected chi connectivity index (χ2v) is 11.5. The van der Waals surface area contributed by atoms with Crippen LogP contribution in [0.1, 0.15) is 5.56 Å². The van der Waals surface area contributed by atoms with E-state index in [1.54, 1.807) is 48.5 Å².